The van der Waals surface area contributed by atoms with Crippen LogP contribution >= 0.6 is 0 Å². The fourth-order valence-corrected chi connectivity index (χ4v) is 3.70. The minimum Gasteiger partial charge on any atom is -0.480 e. The van der Waals surface area contributed by atoms with Gasteiger partial charge in [0, 0.05) is 12.1 Å². The molecule has 1 aliphatic carbocycles. The first-order valence-electron chi connectivity index (χ1n) is 8.91. The van der Waals surface area contributed by atoms with Gasteiger partial charge in [-0.3, -0.25) is 9.79 Å². The van der Waals surface area contributed by atoms with Crippen molar-refractivity contribution in [2.75, 3.05) is 19.1 Å². The molecule has 0 fully saturated rings. The predicted octanol–water partition coefficient (Wildman–Crippen LogP) is 2.46. The van der Waals surface area contributed by atoms with Crippen molar-refractivity contribution in [1.29, 1.82) is 0 Å². The zero-order valence-corrected chi connectivity index (χ0v) is 15.5. The predicted molar refractivity (Wildman–Crippen MR) is 99.0 cm³/mol. The minimum atomic E-state index is -2.28. The Labute approximate surface area is 164 Å². The van der Waals surface area contributed by atoms with Crippen LogP contribution in [-0.4, -0.2) is 41.2 Å². The molecule has 0 saturated heterocycles. The van der Waals surface area contributed by atoms with Crippen molar-refractivity contribution in [3.63, 3.8) is 0 Å². The molecular weight excluding hydrogens is 387 g/mol. The largest absolute Gasteiger partial charge is 0.480 e. The summed E-state index contributed by atoms with van der Waals surface area (Å²) >= 11 is 0. The van der Waals surface area contributed by atoms with Gasteiger partial charge in [-0.2, -0.15) is 0 Å². The minimum absolute atomic E-state index is 0.0219. The fraction of sp³-hybridized carbons (Fsp3) is 0.368. The van der Waals surface area contributed by atoms with Crippen LogP contribution in [0.3, 0.4) is 0 Å². The number of nitrogens with one attached hydrogen (secondary N) is 1. The summed E-state index contributed by atoms with van der Waals surface area (Å²) in [6.45, 7) is -1.25. The van der Waals surface area contributed by atoms with Crippen LogP contribution in [0.15, 0.2) is 29.5 Å². The second-order valence-electron chi connectivity index (χ2n) is 7.19. The number of amidine groups is 1. The first kappa shape index (κ1) is 19.2. The second kappa shape index (κ2) is 6.71. The third-order valence-corrected chi connectivity index (χ3v) is 5.43. The lowest BCUT2D eigenvalue weighted by atomic mass is 9.65. The Bertz CT molecular complexity index is 1010. The SMILES string of the molecule is COc1cnc(C(=O)Nc2cc(F)c3c(c2)[C@@]2(CC[C@@](F)(CF)C(N)=N2)C3)cn1. The van der Waals surface area contributed by atoms with Gasteiger partial charge in [0.05, 0.1) is 25.0 Å². The van der Waals surface area contributed by atoms with Crippen molar-refractivity contribution in [2.24, 2.45) is 10.7 Å². The first-order chi connectivity index (χ1) is 13.8. The lowest BCUT2D eigenvalue weighted by Gasteiger charge is -2.46. The average Bonchev–Trinajstić information content (AvgIpc) is 2.71. The Morgan fingerprint density at radius 1 is 1.31 bits per heavy atom. The van der Waals surface area contributed by atoms with Gasteiger partial charge >= 0.3 is 0 Å². The molecule has 0 bridgehead atoms. The number of alkyl halides is 2. The third kappa shape index (κ3) is 3.08. The molecule has 2 heterocycles. The van der Waals surface area contributed by atoms with Crippen molar-refractivity contribution in [3.05, 3.63) is 47.2 Å². The Balaban J connectivity index is 1.61. The van der Waals surface area contributed by atoms with E-state index in [-0.39, 0.29) is 36.5 Å². The van der Waals surface area contributed by atoms with Gasteiger partial charge in [0.15, 0.2) is 5.67 Å². The molecule has 1 aliphatic heterocycles. The van der Waals surface area contributed by atoms with E-state index < -0.39 is 35.4 Å². The number of nitrogens with zero attached hydrogens (tertiary/aromatic N) is 3. The van der Waals surface area contributed by atoms with Gasteiger partial charge in [-0.25, -0.2) is 23.1 Å². The van der Waals surface area contributed by atoms with E-state index in [1.165, 1.54) is 25.6 Å². The van der Waals surface area contributed by atoms with E-state index in [0.29, 0.717) is 11.1 Å². The van der Waals surface area contributed by atoms with Crippen LogP contribution in [-0.2, 0) is 12.0 Å². The second-order valence-corrected chi connectivity index (χ2v) is 7.19. The Hall–Kier alpha value is -3.17. The molecular formula is C19H18F3N5O2. The number of fused-ring (bicyclic) bond motifs is 2. The van der Waals surface area contributed by atoms with E-state index in [1.807, 2.05) is 0 Å². The summed E-state index contributed by atoms with van der Waals surface area (Å²) in [7, 11) is 1.42. The van der Waals surface area contributed by atoms with Crippen molar-refractivity contribution in [2.45, 2.75) is 30.5 Å². The molecule has 4 rings (SSSR count). The summed E-state index contributed by atoms with van der Waals surface area (Å²) in [5.41, 5.74) is 3.65. The van der Waals surface area contributed by atoms with E-state index in [1.54, 1.807) is 6.07 Å². The molecule has 2 aliphatic rings. The molecule has 152 valence electrons. The van der Waals surface area contributed by atoms with E-state index >= 15 is 0 Å². The number of aliphatic imine (C=N–C) groups is 1. The molecule has 0 radical (unpaired) electrons. The van der Waals surface area contributed by atoms with Crippen LogP contribution in [0.2, 0.25) is 0 Å². The number of amides is 1. The number of rotatable bonds is 4. The maximum atomic E-state index is 14.5. The Kier molecular flexibility index (Phi) is 4.44. The molecule has 2 atom stereocenters. The van der Waals surface area contributed by atoms with E-state index in [9.17, 15) is 18.0 Å². The van der Waals surface area contributed by atoms with E-state index in [0.717, 1.165) is 0 Å². The van der Waals surface area contributed by atoms with E-state index in [4.69, 9.17) is 10.5 Å². The van der Waals surface area contributed by atoms with Gasteiger partial charge in [-0.15, -0.1) is 0 Å². The lowest BCUT2D eigenvalue weighted by Crippen LogP contribution is -2.52. The summed E-state index contributed by atoms with van der Waals surface area (Å²) < 4.78 is 46.7. The molecule has 1 amide bonds. The summed E-state index contributed by atoms with van der Waals surface area (Å²) in [5.74, 6) is -1.26. The van der Waals surface area contributed by atoms with Gasteiger partial charge in [0.2, 0.25) is 5.88 Å². The van der Waals surface area contributed by atoms with Crippen LogP contribution < -0.4 is 15.8 Å². The van der Waals surface area contributed by atoms with Crippen LogP contribution in [0.1, 0.15) is 34.5 Å². The van der Waals surface area contributed by atoms with Crippen molar-refractivity contribution >= 4 is 17.4 Å². The van der Waals surface area contributed by atoms with E-state index in [2.05, 4.69) is 20.3 Å². The molecule has 1 aromatic carbocycles. The van der Waals surface area contributed by atoms with Crippen molar-refractivity contribution < 1.29 is 22.7 Å². The van der Waals surface area contributed by atoms with Crippen molar-refractivity contribution in [1.82, 2.24) is 9.97 Å². The quantitative estimate of drug-likeness (QED) is 0.814. The topological polar surface area (TPSA) is 102 Å². The molecule has 10 heteroatoms. The Morgan fingerprint density at radius 3 is 2.72 bits per heavy atom. The highest BCUT2D eigenvalue weighted by atomic mass is 19.2. The number of anilines is 1. The summed E-state index contributed by atoms with van der Waals surface area (Å²) in [6, 6.07) is 2.77. The highest BCUT2D eigenvalue weighted by Crippen LogP contribution is 2.51. The maximum absolute atomic E-state index is 14.5. The van der Waals surface area contributed by atoms with Crippen molar-refractivity contribution in [3.8, 4) is 5.88 Å². The normalized spacial score (nSPS) is 25.0. The number of carbonyl (C=O) groups excluding carboxylic acids is 1. The summed E-state index contributed by atoms with van der Waals surface area (Å²) in [6.07, 6.45) is 2.82. The van der Waals surface area contributed by atoms with Crippen LogP contribution in [0.25, 0.3) is 0 Å². The summed E-state index contributed by atoms with van der Waals surface area (Å²) in [4.78, 5) is 24.4. The zero-order valence-electron chi connectivity index (χ0n) is 15.5. The molecule has 3 N–H and O–H groups in total. The third-order valence-electron chi connectivity index (χ3n) is 5.43. The summed E-state index contributed by atoms with van der Waals surface area (Å²) in [5, 5.41) is 2.56. The number of methoxy groups -OCH3 is 1. The van der Waals surface area contributed by atoms with Gasteiger partial charge < -0.3 is 15.8 Å². The van der Waals surface area contributed by atoms with Gasteiger partial charge in [0.1, 0.15) is 24.0 Å². The molecule has 0 saturated carbocycles. The van der Waals surface area contributed by atoms with Gasteiger partial charge in [0.25, 0.3) is 5.91 Å². The number of aromatic nitrogens is 2. The molecule has 2 aromatic rings. The standard InChI is InChI=1S/C19H18F3N5O2/c1-29-15-8-24-14(7-25-15)16(28)26-10-4-12-11(13(21)5-10)6-19(12)3-2-18(22,9-20)17(23)27-19/h4-5,7-8H,2-3,6,9H2,1H3,(H2,23,27)(H,26,28)/t18-,19-/m1/s1. The number of ether oxygens (including phenoxy) is 1. The first-order valence-corrected chi connectivity index (χ1v) is 8.91. The number of hydrogen-bond acceptors (Lipinski definition) is 6. The Morgan fingerprint density at radius 2 is 2.10 bits per heavy atom. The highest BCUT2D eigenvalue weighted by molar-refractivity contribution is 6.02. The number of nitrogens with two attached hydrogens (primary N) is 1. The lowest BCUT2D eigenvalue weighted by molar-refractivity contribution is 0.102. The monoisotopic (exact) mass is 405 g/mol. The highest BCUT2D eigenvalue weighted by Gasteiger charge is 2.51. The van der Waals surface area contributed by atoms with Gasteiger partial charge in [-0.05, 0) is 36.1 Å². The fourth-order valence-electron chi connectivity index (χ4n) is 3.70. The number of halogens is 3. The molecule has 7 nitrogen and oxygen atoms in total. The molecule has 29 heavy (non-hydrogen) atoms. The zero-order chi connectivity index (χ0) is 20.8. The molecule has 0 unspecified atom stereocenters. The number of hydrogen-bond donors (Lipinski definition) is 2. The smallest absolute Gasteiger partial charge is 0.275 e. The van der Waals surface area contributed by atoms with Crippen LogP contribution in [0.5, 0.6) is 5.88 Å². The molecule has 1 spiro atoms. The van der Waals surface area contributed by atoms with Crippen LogP contribution in [0.4, 0.5) is 18.9 Å². The number of carbonyl (C=O) groups is 1. The van der Waals surface area contributed by atoms with Crippen LogP contribution in [0, 0.1) is 5.82 Å². The maximum Gasteiger partial charge on any atom is 0.275 e. The average molecular weight is 405 g/mol. The number of benzene rings is 1. The molecule has 1 aromatic heterocycles. The van der Waals surface area contributed by atoms with Gasteiger partial charge in [-0.1, -0.05) is 0 Å².